The third-order valence-electron chi connectivity index (χ3n) is 24.2. The first-order valence-corrected chi connectivity index (χ1v) is 48.2. The minimum atomic E-state index is -2.11. The van der Waals surface area contributed by atoms with E-state index in [0.717, 1.165) is 105 Å². The fraction of sp³-hybridized carbons (Fsp3) is 0.571. The number of aromatic hydroxyl groups is 3. The Morgan fingerprint density at radius 3 is 0.561 bits per heavy atom. The van der Waals surface area contributed by atoms with Crippen molar-refractivity contribution in [3.8, 4) is 45.3 Å². The quantitative estimate of drug-likeness (QED) is 0.159. The summed E-state index contributed by atoms with van der Waals surface area (Å²) in [7, 11) is -3.73. The molecule has 0 amide bonds. The second-order valence-corrected chi connectivity index (χ2v) is 54.8. The van der Waals surface area contributed by atoms with Crippen LogP contribution in [0.25, 0.3) is 66.1 Å². The van der Waals surface area contributed by atoms with E-state index in [-0.39, 0.29) is 104 Å². The summed E-state index contributed by atoms with van der Waals surface area (Å²) in [6, 6.07) is 35.8. The van der Waals surface area contributed by atoms with Crippen molar-refractivity contribution in [2.24, 2.45) is 0 Å². The molecule has 0 aliphatic rings. The molecular formula is C112H163ClO8P2. The van der Waals surface area contributed by atoms with Crippen molar-refractivity contribution in [2.45, 2.75) is 419 Å². The molecule has 0 aliphatic heterocycles. The van der Waals surface area contributed by atoms with E-state index in [1.807, 2.05) is 0 Å². The number of hydrogen-bond donors (Lipinski definition) is 3. The topological polar surface area (TPSA) is 122 Å². The second-order valence-electron chi connectivity index (χ2n) is 52.2. The lowest BCUT2D eigenvalue weighted by atomic mass is 9.75. The minimum absolute atomic E-state index is 0.00253. The standard InChI is InChI=1S/C56H81O4P.C28H40ClO2P.C28H42O2/c1-49(2,3)33-25-37(45(57)41(29-33)53(13,14)15)38-26-34(50(4,5)6)30-42(54(16,17)18)46(38)58-61-59-47-39(27-35(51(7,8)9)31-43(47)55(19,20)21)40-28-36(52(10,11)12)32-44(48(40)60-61)56(22,23)24;1-25(2,3)17-13-19-20-14-18(26(4,5)6)16-22(28(10,11)12)24(20)31-32(29)30-23(19)21(15-17)27(7,8)9;1-25(2,3)17-13-19(23(29)21(15-17)27(7,8)9)20-14-18(26(4,5)6)16-22(24(20)30)28(10,11)12/h25-32,57H,1-24H3;13-16H,1-12H3;13-16,29-30H,1-12H3. The van der Waals surface area contributed by atoms with E-state index in [2.05, 4.69) is 429 Å². The zero-order valence-electron chi connectivity index (χ0n) is 85.9. The molecule has 8 nitrogen and oxygen atoms in total. The molecule has 0 spiro atoms. The summed E-state index contributed by atoms with van der Waals surface area (Å²) < 4.78 is 35.0. The van der Waals surface area contributed by atoms with Crippen LogP contribution in [0.3, 0.4) is 0 Å². The Labute approximate surface area is 752 Å². The van der Waals surface area contributed by atoms with Gasteiger partial charge in [-0.1, -0.05) is 381 Å². The molecule has 8 aromatic carbocycles. The molecule has 0 atom stereocenters. The van der Waals surface area contributed by atoms with Gasteiger partial charge < -0.3 is 36.6 Å². The number of halogens is 1. The smallest absolute Gasteiger partial charge is 0.453 e. The lowest BCUT2D eigenvalue weighted by Crippen LogP contribution is -2.19. The summed E-state index contributed by atoms with van der Waals surface area (Å²) in [5.74, 6) is 1.47. The molecule has 10 aromatic rings. The van der Waals surface area contributed by atoms with Gasteiger partial charge in [-0.2, -0.15) is 0 Å². The van der Waals surface area contributed by atoms with Crippen LogP contribution >= 0.6 is 26.8 Å². The van der Waals surface area contributed by atoms with Crippen molar-refractivity contribution in [2.75, 3.05) is 0 Å². The molecule has 0 fully saturated rings. The highest BCUT2D eigenvalue weighted by Gasteiger charge is 2.38. The first-order chi connectivity index (χ1) is 54.7. The van der Waals surface area contributed by atoms with Crippen molar-refractivity contribution in [3.63, 3.8) is 0 Å². The number of phenolic OH excluding ortho intramolecular Hbond substituents is 3. The second kappa shape index (κ2) is 33.3. The summed E-state index contributed by atoms with van der Waals surface area (Å²) in [4.78, 5) is 0. The first-order valence-electron chi connectivity index (χ1n) is 45.0. The minimum Gasteiger partial charge on any atom is -0.507 e. The first kappa shape index (κ1) is 101. The zero-order valence-corrected chi connectivity index (χ0v) is 88.4. The average Bonchev–Trinajstić information content (AvgIpc) is 1.71. The van der Waals surface area contributed by atoms with Crippen LogP contribution in [0.1, 0.15) is 421 Å². The Balaban J connectivity index is 0.000000254. The van der Waals surface area contributed by atoms with E-state index in [0.29, 0.717) is 16.9 Å². The summed E-state index contributed by atoms with van der Waals surface area (Å²) in [5.41, 5.74) is 21.8. The van der Waals surface area contributed by atoms with E-state index in [1.54, 1.807) is 0 Å². The fourth-order valence-electron chi connectivity index (χ4n) is 15.6. The maximum absolute atomic E-state index is 12.5. The Hall–Kier alpha value is -6.95. The Morgan fingerprint density at radius 2 is 0.366 bits per heavy atom. The van der Waals surface area contributed by atoms with Crippen molar-refractivity contribution >= 4 is 70.7 Å². The van der Waals surface area contributed by atoms with Gasteiger partial charge in [0.2, 0.25) is 0 Å². The molecule has 11 heteroatoms. The number of phenols is 3. The van der Waals surface area contributed by atoms with Crippen molar-refractivity contribution in [1.82, 2.24) is 0 Å². The normalized spacial score (nSPS) is 13.8. The van der Waals surface area contributed by atoms with Crippen molar-refractivity contribution in [3.05, 3.63) is 186 Å². The maximum Gasteiger partial charge on any atom is 0.453 e. The van der Waals surface area contributed by atoms with Crippen LogP contribution in [0.4, 0.5) is 0 Å². The number of hydrogen-bond acceptors (Lipinski definition) is 8. The Bertz CT molecular complexity index is 5450. The highest BCUT2D eigenvalue weighted by atomic mass is 35.7. The molecule has 2 heterocycles. The predicted molar refractivity (Wildman–Crippen MR) is 538 cm³/mol. The molecule has 676 valence electrons. The van der Waals surface area contributed by atoms with E-state index >= 15 is 0 Å². The van der Waals surface area contributed by atoms with Crippen LogP contribution < -0.4 is 4.52 Å². The van der Waals surface area contributed by atoms with Crippen LogP contribution in [-0.4, -0.2) is 15.3 Å². The van der Waals surface area contributed by atoms with Gasteiger partial charge in [-0.05, 0) is 180 Å². The van der Waals surface area contributed by atoms with Gasteiger partial charge in [-0.15, -0.1) is 0 Å². The van der Waals surface area contributed by atoms with Gasteiger partial charge >= 0.3 is 15.6 Å². The van der Waals surface area contributed by atoms with Crippen molar-refractivity contribution in [1.29, 1.82) is 0 Å². The van der Waals surface area contributed by atoms with Crippen LogP contribution in [0.2, 0.25) is 0 Å². The van der Waals surface area contributed by atoms with E-state index in [4.69, 9.17) is 32.6 Å². The lowest BCUT2D eigenvalue weighted by molar-refractivity contribution is 0.438. The van der Waals surface area contributed by atoms with Gasteiger partial charge in [0.1, 0.15) is 45.3 Å². The molecule has 0 saturated heterocycles. The van der Waals surface area contributed by atoms with Gasteiger partial charge in [0.25, 0.3) is 0 Å². The molecule has 3 N–H and O–H groups in total. The summed E-state index contributed by atoms with van der Waals surface area (Å²) in [6.45, 7) is 107. The van der Waals surface area contributed by atoms with Crippen LogP contribution in [0, 0.1) is 0 Å². The van der Waals surface area contributed by atoms with Gasteiger partial charge in [-0.25, -0.2) is 0 Å². The lowest BCUT2D eigenvalue weighted by Gasteiger charge is -2.31. The third kappa shape index (κ3) is 23.0. The molecule has 0 radical (unpaired) electrons. The zero-order chi connectivity index (χ0) is 94.5. The monoisotopic (exact) mass is 1730 g/mol. The predicted octanol–water partition coefficient (Wildman–Crippen LogP) is 36.3. The summed E-state index contributed by atoms with van der Waals surface area (Å²) >= 11 is 6.70. The summed E-state index contributed by atoms with van der Waals surface area (Å²) in [5, 5.41) is 39.5. The summed E-state index contributed by atoms with van der Waals surface area (Å²) in [6.07, 6.45) is 0. The van der Waals surface area contributed by atoms with Crippen LogP contribution in [0.15, 0.2) is 114 Å². The Morgan fingerprint density at radius 1 is 0.203 bits per heavy atom. The van der Waals surface area contributed by atoms with Crippen LogP contribution in [-0.2, 0) is 86.6 Å². The Kier molecular flexibility index (Phi) is 27.5. The van der Waals surface area contributed by atoms with Gasteiger partial charge in [-0.3, -0.25) is 0 Å². The number of fused-ring (bicyclic) bond motifs is 6. The molecule has 0 bridgehead atoms. The number of benzene rings is 8. The highest BCUT2D eigenvalue weighted by Crippen LogP contribution is 2.56. The molecule has 0 saturated carbocycles. The molecule has 2 aromatic heterocycles. The maximum atomic E-state index is 12.5. The van der Waals surface area contributed by atoms with Gasteiger partial charge in [0.15, 0.2) is 0 Å². The molecule has 123 heavy (non-hydrogen) atoms. The van der Waals surface area contributed by atoms with E-state index in [9.17, 15) is 15.3 Å². The largest absolute Gasteiger partial charge is 0.507 e. The molecule has 10 rings (SSSR count). The average molecular weight is 1730 g/mol. The van der Waals surface area contributed by atoms with E-state index in [1.165, 1.54) is 38.9 Å². The highest BCUT2D eigenvalue weighted by molar-refractivity contribution is 7.68. The van der Waals surface area contributed by atoms with Gasteiger partial charge in [0.05, 0.1) is 0 Å². The molecule has 0 aliphatic carbocycles. The van der Waals surface area contributed by atoms with E-state index < -0.39 is 15.6 Å². The van der Waals surface area contributed by atoms with Gasteiger partial charge in [0, 0.05) is 99.5 Å². The molecular weight excluding hydrogens is 1570 g/mol. The fourth-order valence-corrected chi connectivity index (χ4v) is 17.8. The number of rotatable bonds is 4. The SMILES string of the molecule is CC(C)(C)c1cc(-c2cc(C(C)(C)C)cc(C(C)(C)C)c2O)c(O)c(C(C)(C)C)c1.CC(C)(C)c1cc(-c2cc(C(C)(C)C)cc(C(C)(C)C)c2Op2oc3c(C(C)(C)C)cc(C(C)(C)C)cc3c3cc(C(C)(C)C)cc(C(C)(C)C)c3o2)c(O)c(C(C)(C)C)c1.CC(C)(C)c1cc(C(C)(C)C)c2op(Cl)oc3c(C(C)(C)C)cc(C(C)(C)C)cc3c2c1. The van der Waals surface area contributed by atoms with Crippen molar-refractivity contribution < 1.29 is 36.6 Å². The third-order valence-corrected chi connectivity index (χ3v) is 26.2. The van der Waals surface area contributed by atoms with Crippen LogP contribution in [0.5, 0.6) is 23.0 Å². The molecule has 0 unspecified atom stereocenters.